The second-order valence-electron chi connectivity index (χ2n) is 5.29. The predicted molar refractivity (Wildman–Crippen MR) is 73.7 cm³/mol. The Morgan fingerprint density at radius 1 is 1.28 bits per heavy atom. The summed E-state index contributed by atoms with van der Waals surface area (Å²) < 4.78 is 0. The van der Waals surface area contributed by atoms with Crippen LogP contribution < -0.4 is 4.90 Å². The summed E-state index contributed by atoms with van der Waals surface area (Å²) >= 11 is 0. The zero-order chi connectivity index (χ0) is 13.1. The van der Waals surface area contributed by atoms with Gasteiger partial charge in [-0.2, -0.15) is 5.26 Å². The smallest absolute Gasteiger partial charge is 0.147 e. The molecule has 1 fully saturated rings. The summed E-state index contributed by atoms with van der Waals surface area (Å²) in [6.07, 6.45) is 6.37. The first-order valence-corrected chi connectivity index (χ1v) is 6.74. The Balaban J connectivity index is 2.34. The van der Waals surface area contributed by atoms with Crippen molar-refractivity contribution in [3.63, 3.8) is 0 Å². The number of nitriles is 1. The van der Waals surface area contributed by atoms with Crippen molar-refractivity contribution in [2.45, 2.75) is 52.0 Å². The average molecular weight is 243 g/mol. The van der Waals surface area contributed by atoms with Crippen LogP contribution in [0.4, 0.5) is 5.82 Å². The molecule has 0 unspecified atom stereocenters. The first-order valence-electron chi connectivity index (χ1n) is 6.74. The minimum Gasteiger partial charge on any atom is -0.356 e. The lowest BCUT2D eigenvalue weighted by Crippen LogP contribution is -2.34. The van der Waals surface area contributed by atoms with E-state index in [9.17, 15) is 5.26 Å². The fourth-order valence-corrected chi connectivity index (χ4v) is 2.85. The number of aryl methyl sites for hydroxylation is 2. The van der Waals surface area contributed by atoms with E-state index in [1.165, 1.54) is 32.1 Å². The molecule has 0 aromatic carbocycles. The highest BCUT2D eigenvalue weighted by atomic mass is 15.2. The maximum atomic E-state index is 9.32. The summed E-state index contributed by atoms with van der Waals surface area (Å²) in [7, 11) is 2.08. The largest absolute Gasteiger partial charge is 0.356 e. The molecule has 1 aromatic rings. The Bertz CT molecular complexity index is 467. The highest BCUT2D eigenvalue weighted by Crippen LogP contribution is 2.28. The van der Waals surface area contributed by atoms with Crippen LogP contribution in [0.15, 0.2) is 6.07 Å². The third kappa shape index (κ3) is 2.48. The van der Waals surface area contributed by atoms with Gasteiger partial charge in [0.1, 0.15) is 11.9 Å². The van der Waals surface area contributed by atoms with Crippen molar-refractivity contribution in [2.24, 2.45) is 0 Å². The molecule has 0 aliphatic heterocycles. The highest BCUT2D eigenvalue weighted by molar-refractivity contribution is 5.58. The van der Waals surface area contributed by atoms with E-state index in [1.807, 2.05) is 19.9 Å². The molecule has 0 amide bonds. The van der Waals surface area contributed by atoms with Crippen molar-refractivity contribution < 1.29 is 0 Å². The molecule has 2 rings (SSSR count). The van der Waals surface area contributed by atoms with Crippen molar-refractivity contribution in [3.8, 4) is 6.07 Å². The molecule has 18 heavy (non-hydrogen) atoms. The lowest BCUT2D eigenvalue weighted by atomic mass is 9.94. The zero-order valence-corrected chi connectivity index (χ0v) is 11.5. The zero-order valence-electron chi connectivity index (χ0n) is 11.5. The van der Waals surface area contributed by atoms with Gasteiger partial charge in [-0.05, 0) is 38.3 Å². The van der Waals surface area contributed by atoms with E-state index in [2.05, 4.69) is 23.0 Å². The summed E-state index contributed by atoms with van der Waals surface area (Å²) in [4.78, 5) is 6.80. The molecule has 0 radical (unpaired) electrons. The van der Waals surface area contributed by atoms with E-state index >= 15 is 0 Å². The number of rotatable bonds is 2. The normalized spacial score (nSPS) is 16.3. The third-order valence-electron chi connectivity index (χ3n) is 3.89. The van der Waals surface area contributed by atoms with Crippen LogP contribution in [0.2, 0.25) is 0 Å². The molecule has 1 heterocycles. The topological polar surface area (TPSA) is 39.9 Å². The molecule has 1 saturated carbocycles. The summed E-state index contributed by atoms with van der Waals surface area (Å²) in [6, 6.07) is 4.83. The lowest BCUT2D eigenvalue weighted by molar-refractivity contribution is 0.425. The predicted octanol–water partition coefficient (Wildman–Crippen LogP) is 3.34. The van der Waals surface area contributed by atoms with E-state index < -0.39 is 0 Å². The Kier molecular flexibility index (Phi) is 3.86. The standard InChI is InChI=1S/C15H21N3/c1-11-9-12(2)17-15(14(11)10-16)18(3)13-7-5-4-6-8-13/h9,13H,4-8H2,1-3H3. The van der Waals surface area contributed by atoms with Crippen LogP contribution in [0.3, 0.4) is 0 Å². The third-order valence-corrected chi connectivity index (χ3v) is 3.89. The maximum absolute atomic E-state index is 9.32. The SMILES string of the molecule is Cc1cc(C)c(C#N)c(N(C)C2CCCCC2)n1. The van der Waals surface area contributed by atoms with Crippen molar-refractivity contribution in [3.05, 3.63) is 22.9 Å². The van der Waals surface area contributed by atoms with E-state index in [-0.39, 0.29) is 0 Å². The van der Waals surface area contributed by atoms with E-state index in [0.717, 1.165) is 22.6 Å². The molecule has 0 atom stereocenters. The number of nitrogens with zero attached hydrogens (tertiary/aromatic N) is 3. The van der Waals surface area contributed by atoms with Crippen LogP contribution in [0.5, 0.6) is 0 Å². The summed E-state index contributed by atoms with van der Waals surface area (Å²) in [6.45, 7) is 3.98. The number of pyridine rings is 1. The van der Waals surface area contributed by atoms with Crippen LogP contribution in [0.25, 0.3) is 0 Å². The maximum Gasteiger partial charge on any atom is 0.147 e. The minimum atomic E-state index is 0.541. The van der Waals surface area contributed by atoms with Gasteiger partial charge in [0.2, 0.25) is 0 Å². The molecular formula is C15H21N3. The van der Waals surface area contributed by atoms with Gasteiger partial charge in [-0.25, -0.2) is 4.98 Å². The summed E-state index contributed by atoms with van der Waals surface area (Å²) in [5.41, 5.74) is 2.75. The second kappa shape index (κ2) is 5.39. The van der Waals surface area contributed by atoms with Crippen LogP contribution in [-0.4, -0.2) is 18.1 Å². The number of anilines is 1. The number of hydrogen-bond donors (Lipinski definition) is 0. The minimum absolute atomic E-state index is 0.541. The van der Waals surface area contributed by atoms with Gasteiger partial charge in [-0.3, -0.25) is 0 Å². The fourth-order valence-electron chi connectivity index (χ4n) is 2.85. The monoisotopic (exact) mass is 243 g/mol. The molecule has 3 nitrogen and oxygen atoms in total. The molecule has 1 aliphatic carbocycles. The van der Waals surface area contributed by atoms with Gasteiger partial charge in [-0.15, -0.1) is 0 Å². The van der Waals surface area contributed by atoms with E-state index in [1.54, 1.807) is 0 Å². The number of hydrogen-bond acceptors (Lipinski definition) is 3. The summed E-state index contributed by atoms with van der Waals surface area (Å²) in [5, 5.41) is 9.32. The Labute approximate surface area is 109 Å². The Morgan fingerprint density at radius 3 is 2.56 bits per heavy atom. The lowest BCUT2D eigenvalue weighted by Gasteiger charge is -2.33. The Hall–Kier alpha value is -1.56. The van der Waals surface area contributed by atoms with E-state index in [0.29, 0.717) is 6.04 Å². The van der Waals surface area contributed by atoms with Gasteiger partial charge in [0.25, 0.3) is 0 Å². The fraction of sp³-hybridized carbons (Fsp3) is 0.600. The molecule has 0 saturated heterocycles. The molecule has 3 heteroatoms. The van der Waals surface area contributed by atoms with Gasteiger partial charge in [0, 0.05) is 18.8 Å². The Morgan fingerprint density at radius 2 is 1.94 bits per heavy atom. The molecule has 1 aromatic heterocycles. The molecule has 1 aliphatic rings. The highest BCUT2D eigenvalue weighted by Gasteiger charge is 2.22. The molecule has 0 bridgehead atoms. The van der Waals surface area contributed by atoms with Gasteiger partial charge < -0.3 is 4.90 Å². The quantitative estimate of drug-likeness (QED) is 0.799. The van der Waals surface area contributed by atoms with Crippen LogP contribution >= 0.6 is 0 Å². The summed E-state index contributed by atoms with van der Waals surface area (Å²) in [5.74, 6) is 0.863. The van der Waals surface area contributed by atoms with Gasteiger partial charge in [0.05, 0.1) is 5.56 Å². The van der Waals surface area contributed by atoms with E-state index in [4.69, 9.17) is 0 Å². The van der Waals surface area contributed by atoms with Crippen molar-refractivity contribution in [2.75, 3.05) is 11.9 Å². The van der Waals surface area contributed by atoms with Crippen molar-refractivity contribution >= 4 is 5.82 Å². The van der Waals surface area contributed by atoms with Crippen LogP contribution in [0.1, 0.15) is 48.9 Å². The first kappa shape index (κ1) is 12.9. The van der Waals surface area contributed by atoms with Crippen molar-refractivity contribution in [1.82, 2.24) is 4.98 Å². The van der Waals surface area contributed by atoms with Crippen LogP contribution in [-0.2, 0) is 0 Å². The second-order valence-corrected chi connectivity index (χ2v) is 5.29. The first-order chi connectivity index (χ1) is 8.63. The van der Waals surface area contributed by atoms with Gasteiger partial charge in [-0.1, -0.05) is 19.3 Å². The van der Waals surface area contributed by atoms with Crippen LogP contribution in [0, 0.1) is 25.2 Å². The molecule has 0 N–H and O–H groups in total. The van der Waals surface area contributed by atoms with Gasteiger partial charge >= 0.3 is 0 Å². The number of aromatic nitrogens is 1. The molecule has 96 valence electrons. The van der Waals surface area contributed by atoms with Gasteiger partial charge in [0.15, 0.2) is 0 Å². The molecule has 0 spiro atoms. The average Bonchev–Trinajstić information content (AvgIpc) is 2.38. The van der Waals surface area contributed by atoms with Crippen molar-refractivity contribution in [1.29, 1.82) is 5.26 Å². The molecular weight excluding hydrogens is 222 g/mol.